The SMILES string of the molecule is COC(=O)c1cccc(OC2C=CC(=O)O2)c1. The Morgan fingerprint density at radius 2 is 2.24 bits per heavy atom. The lowest BCUT2D eigenvalue weighted by Gasteiger charge is -2.11. The van der Waals surface area contributed by atoms with E-state index in [2.05, 4.69) is 4.74 Å². The Hall–Kier alpha value is -2.30. The maximum atomic E-state index is 11.3. The molecule has 0 spiro atoms. The molecule has 0 N–H and O–H groups in total. The monoisotopic (exact) mass is 234 g/mol. The van der Waals surface area contributed by atoms with Gasteiger partial charge in [-0.25, -0.2) is 9.59 Å². The smallest absolute Gasteiger partial charge is 0.337 e. The second kappa shape index (κ2) is 4.69. The van der Waals surface area contributed by atoms with E-state index in [1.54, 1.807) is 18.2 Å². The summed E-state index contributed by atoms with van der Waals surface area (Å²) in [4.78, 5) is 22.1. The Morgan fingerprint density at radius 3 is 2.88 bits per heavy atom. The maximum Gasteiger partial charge on any atom is 0.337 e. The zero-order valence-electron chi connectivity index (χ0n) is 9.08. The molecule has 0 fully saturated rings. The van der Waals surface area contributed by atoms with Crippen molar-refractivity contribution in [2.45, 2.75) is 6.29 Å². The van der Waals surface area contributed by atoms with Crippen molar-refractivity contribution in [2.24, 2.45) is 0 Å². The standard InChI is InChI=1S/C12H10O5/c1-15-12(14)8-3-2-4-9(7-8)16-11-6-5-10(13)17-11/h2-7,11H,1H3. The molecule has 2 rings (SSSR count). The fourth-order valence-corrected chi connectivity index (χ4v) is 1.36. The minimum Gasteiger partial charge on any atom is -0.465 e. The van der Waals surface area contributed by atoms with E-state index in [4.69, 9.17) is 9.47 Å². The van der Waals surface area contributed by atoms with Crippen molar-refractivity contribution in [3.8, 4) is 5.75 Å². The molecule has 5 heteroatoms. The molecule has 1 atom stereocenters. The zero-order valence-corrected chi connectivity index (χ0v) is 9.08. The highest BCUT2D eigenvalue weighted by molar-refractivity contribution is 5.89. The van der Waals surface area contributed by atoms with E-state index in [-0.39, 0.29) is 0 Å². The number of carbonyl (C=O) groups is 2. The number of ether oxygens (including phenoxy) is 3. The number of esters is 2. The second-order valence-electron chi connectivity index (χ2n) is 3.30. The predicted molar refractivity (Wildman–Crippen MR) is 57.4 cm³/mol. The molecule has 88 valence electrons. The van der Waals surface area contributed by atoms with Gasteiger partial charge in [0.25, 0.3) is 6.29 Å². The number of carbonyl (C=O) groups excluding carboxylic acids is 2. The van der Waals surface area contributed by atoms with Gasteiger partial charge in [-0.1, -0.05) is 6.07 Å². The first-order valence-electron chi connectivity index (χ1n) is 4.93. The van der Waals surface area contributed by atoms with E-state index in [0.717, 1.165) is 0 Å². The third-order valence-corrected chi connectivity index (χ3v) is 2.13. The van der Waals surface area contributed by atoms with Crippen molar-refractivity contribution in [3.05, 3.63) is 42.0 Å². The van der Waals surface area contributed by atoms with E-state index < -0.39 is 18.2 Å². The average Bonchev–Trinajstić information content (AvgIpc) is 2.74. The number of hydrogen-bond acceptors (Lipinski definition) is 5. The van der Waals surface area contributed by atoms with Crippen LogP contribution in [0.4, 0.5) is 0 Å². The van der Waals surface area contributed by atoms with Crippen LogP contribution < -0.4 is 4.74 Å². The molecule has 5 nitrogen and oxygen atoms in total. The molecule has 1 heterocycles. The molecule has 1 aliphatic heterocycles. The van der Waals surface area contributed by atoms with Crippen LogP contribution in [0.3, 0.4) is 0 Å². The van der Waals surface area contributed by atoms with E-state index >= 15 is 0 Å². The van der Waals surface area contributed by atoms with Crippen LogP contribution in [0.15, 0.2) is 36.4 Å². The number of cyclic esters (lactones) is 1. The van der Waals surface area contributed by atoms with Crippen molar-refractivity contribution in [3.63, 3.8) is 0 Å². The molecule has 0 saturated carbocycles. The summed E-state index contributed by atoms with van der Waals surface area (Å²) in [5, 5.41) is 0. The molecule has 0 saturated heterocycles. The highest BCUT2D eigenvalue weighted by Gasteiger charge is 2.18. The van der Waals surface area contributed by atoms with Crippen LogP contribution in [-0.4, -0.2) is 25.3 Å². The molecular weight excluding hydrogens is 224 g/mol. The van der Waals surface area contributed by atoms with Gasteiger partial charge in [-0.15, -0.1) is 0 Å². The Labute approximate surface area is 97.6 Å². The van der Waals surface area contributed by atoms with Gasteiger partial charge in [0.1, 0.15) is 5.75 Å². The molecule has 1 aromatic rings. The van der Waals surface area contributed by atoms with Gasteiger partial charge in [0.2, 0.25) is 0 Å². The molecule has 0 radical (unpaired) electrons. The Bertz CT molecular complexity index is 478. The molecule has 0 aromatic heterocycles. The minimum atomic E-state index is -0.740. The van der Waals surface area contributed by atoms with Crippen LogP contribution in [0.1, 0.15) is 10.4 Å². The van der Waals surface area contributed by atoms with Crippen LogP contribution in [0.5, 0.6) is 5.75 Å². The van der Waals surface area contributed by atoms with Crippen molar-refractivity contribution < 1.29 is 23.8 Å². The van der Waals surface area contributed by atoms with E-state index in [1.807, 2.05) is 0 Å². The topological polar surface area (TPSA) is 61.8 Å². The molecule has 1 aromatic carbocycles. The van der Waals surface area contributed by atoms with Crippen molar-refractivity contribution >= 4 is 11.9 Å². The first-order valence-corrected chi connectivity index (χ1v) is 4.93. The first-order chi connectivity index (χ1) is 8.19. The average molecular weight is 234 g/mol. The van der Waals surface area contributed by atoms with Gasteiger partial charge < -0.3 is 14.2 Å². The van der Waals surface area contributed by atoms with E-state index in [0.29, 0.717) is 11.3 Å². The van der Waals surface area contributed by atoms with Gasteiger partial charge in [0, 0.05) is 12.2 Å². The molecule has 1 unspecified atom stereocenters. The summed E-state index contributed by atoms with van der Waals surface area (Å²) in [5.74, 6) is -0.467. The van der Waals surface area contributed by atoms with Gasteiger partial charge in [0.05, 0.1) is 12.7 Å². The highest BCUT2D eigenvalue weighted by Crippen LogP contribution is 2.18. The van der Waals surface area contributed by atoms with Gasteiger partial charge in [0.15, 0.2) is 0 Å². The predicted octanol–water partition coefficient (Wildman–Crippen LogP) is 1.29. The van der Waals surface area contributed by atoms with Crippen molar-refractivity contribution in [1.29, 1.82) is 0 Å². The lowest BCUT2D eigenvalue weighted by Crippen LogP contribution is -2.15. The van der Waals surface area contributed by atoms with Crippen LogP contribution >= 0.6 is 0 Å². The fraction of sp³-hybridized carbons (Fsp3) is 0.167. The normalized spacial score (nSPS) is 17.7. The van der Waals surface area contributed by atoms with Gasteiger partial charge in [-0.05, 0) is 18.2 Å². The van der Waals surface area contributed by atoms with Crippen LogP contribution in [0, 0.1) is 0 Å². The molecule has 0 amide bonds. The van der Waals surface area contributed by atoms with E-state index in [1.165, 1.54) is 25.3 Å². The Morgan fingerprint density at radius 1 is 1.41 bits per heavy atom. The maximum absolute atomic E-state index is 11.3. The van der Waals surface area contributed by atoms with Crippen LogP contribution in [0.25, 0.3) is 0 Å². The number of hydrogen-bond donors (Lipinski definition) is 0. The van der Waals surface area contributed by atoms with Crippen molar-refractivity contribution in [1.82, 2.24) is 0 Å². The summed E-state index contributed by atoms with van der Waals surface area (Å²) in [6.07, 6.45) is 2.04. The summed E-state index contributed by atoms with van der Waals surface area (Å²) in [7, 11) is 1.30. The van der Waals surface area contributed by atoms with E-state index in [9.17, 15) is 9.59 Å². The molecule has 17 heavy (non-hydrogen) atoms. The largest absolute Gasteiger partial charge is 0.465 e. The quantitative estimate of drug-likeness (QED) is 0.737. The highest BCUT2D eigenvalue weighted by atomic mass is 16.7. The summed E-state index contributed by atoms with van der Waals surface area (Å²) in [5.41, 5.74) is 0.373. The summed E-state index contributed by atoms with van der Waals surface area (Å²) < 4.78 is 14.7. The van der Waals surface area contributed by atoms with Crippen LogP contribution in [0.2, 0.25) is 0 Å². The first kappa shape index (κ1) is 11.2. The number of benzene rings is 1. The van der Waals surface area contributed by atoms with Gasteiger partial charge in [-0.3, -0.25) is 0 Å². The summed E-state index contributed by atoms with van der Waals surface area (Å²) in [6.45, 7) is 0. The minimum absolute atomic E-state index is 0.373. The second-order valence-corrected chi connectivity index (χ2v) is 3.30. The zero-order chi connectivity index (χ0) is 12.3. The molecule has 0 aliphatic carbocycles. The number of rotatable bonds is 3. The third-order valence-electron chi connectivity index (χ3n) is 2.13. The Kier molecular flexibility index (Phi) is 3.09. The van der Waals surface area contributed by atoms with Crippen LogP contribution in [-0.2, 0) is 14.3 Å². The lowest BCUT2D eigenvalue weighted by molar-refractivity contribution is -0.147. The summed E-state index contributed by atoms with van der Waals surface area (Å²) in [6, 6.07) is 6.44. The lowest BCUT2D eigenvalue weighted by atomic mass is 10.2. The summed E-state index contributed by atoms with van der Waals surface area (Å²) >= 11 is 0. The fourth-order valence-electron chi connectivity index (χ4n) is 1.36. The molecular formula is C12H10O5. The Balaban J connectivity index is 2.09. The number of methoxy groups -OCH3 is 1. The van der Waals surface area contributed by atoms with Gasteiger partial charge >= 0.3 is 11.9 Å². The molecule has 0 bridgehead atoms. The van der Waals surface area contributed by atoms with Crippen molar-refractivity contribution in [2.75, 3.05) is 7.11 Å². The molecule has 1 aliphatic rings. The van der Waals surface area contributed by atoms with Gasteiger partial charge in [-0.2, -0.15) is 0 Å². The third kappa shape index (κ3) is 2.63.